The Labute approximate surface area is 166 Å². The molecule has 7 heteroatoms. The predicted molar refractivity (Wildman–Crippen MR) is 105 cm³/mol. The molecule has 0 spiro atoms. The van der Waals surface area contributed by atoms with Gasteiger partial charge in [-0.3, -0.25) is 9.59 Å². The number of hydrogen-bond acceptors (Lipinski definition) is 3. The van der Waals surface area contributed by atoms with Gasteiger partial charge < -0.3 is 15.0 Å². The second-order valence-corrected chi connectivity index (χ2v) is 7.58. The summed E-state index contributed by atoms with van der Waals surface area (Å²) in [6.45, 7) is -1.20. The van der Waals surface area contributed by atoms with Crippen LogP contribution in [0.4, 0.5) is 8.78 Å². The summed E-state index contributed by atoms with van der Waals surface area (Å²) in [5.41, 5.74) is 3.35. The molecule has 2 aromatic rings. The van der Waals surface area contributed by atoms with E-state index in [0.29, 0.717) is 30.0 Å². The summed E-state index contributed by atoms with van der Waals surface area (Å²) in [4.78, 5) is 27.1. The first kappa shape index (κ1) is 19.4. The van der Waals surface area contributed by atoms with Crippen LogP contribution >= 0.6 is 0 Å². The summed E-state index contributed by atoms with van der Waals surface area (Å²) >= 11 is 0. The summed E-state index contributed by atoms with van der Waals surface area (Å²) in [6.07, 6.45) is 5.09. The molecule has 0 bridgehead atoms. The quantitative estimate of drug-likeness (QED) is 0.773. The van der Waals surface area contributed by atoms with Crippen LogP contribution in [0, 0.1) is 6.92 Å². The lowest BCUT2D eigenvalue weighted by Crippen LogP contribution is -2.23. The lowest BCUT2D eigenvalue weighted by atomic mass is 9.96. The number of aryl methyl sites for hydroxylation is 1. The van der Waals surface area contributed by atoms with Gasteiger partial charge in [0.05, 0.1) is 0 Å². The summed E-state index contributed by atoms with van der Waals surface area (Å²) < 4.78 is 29.7. The Bertz CT molecular complexity index is 1020. The fourth-order valence-electron chi connectivity index (χ4n) is 3.71. The average Bonchev–Trinajstić information content (AvgIpc) is 3.42. The highest BCUT2D eigenvalue weighted by Gasteiger charge is 2.27. The van der Waals surface area contributed by atoms with Crippen LogP contribution in [0.15, 0.2) is 41.2 Å². The van der Waals surface area contributed by atoms with E-state index < -0.39 is 6.61 Å². The summed E-state index contributed by atoms with van der Waals surface area (Å²) in [5, 5.41) is 2.90. The van der Waals surface area contributed by atoms with Gasteiger partial charge in [0.15, 0.2) is 0 Å². The lowest BCUT2D eigenvalue weighted by molar-refractivity contribution is -0.119. The smallest absolute Gasteiger partial charge is 0.387 e. The third kappa shape index (κ3) is 4.39. The van der Waals surface area contributed by atoms with Crippen molar-refractivity contribution in [3.8, 4) is 5.75 Å². The molecular formula is C22H22F2N2O3. The Kier molecular flexibility index (Phi) is 5.22. The number of nitrogens with one attached hydrogen (secondary N) is 2. The van der Waals surface area contributed by atoms with Crippen LogP contribution in [0.25, 0.3) is 5.57 Å². The molecule has 152 valence electrons. The van der Waals surface area contributed by atoms with E-state index in [1.165, 1.54) is 6.07 Å². The summed E-state index contributed by atoms with van der Waals surface area (Å²) in [5.74, 6) is 0.428. The molecule has 0 radical (unpaired) electrons. The van der Waals surface area contributed by atoms with E-state index in [1.807, 2.05) is 18.2 Å². The zero-order chi connectivity index (χ0) is 20.5. The number of aromatic amines is 1. The Morgan fingerprint density at radius 2 is 1.97 bits per heavy atom. The largest absolute Gasteiger partial charge is 0.435 e. The van der Waals surface area contributed by atoms with E-state index in [-0.39, 0.29) is 23.3 Å². The fourth-order valence-corrected chi connectivity index (χ4v) is 3.71. The Morgan fingerprint density at radius 3 is 2.55 bits per heavy atom. The Balaban J connectivity index is 1.74. The van der Waals surface area contributed by atoms with E-state index in [2.05, 4.69) is 15.0 Å². The molecule has 2 aliphatic rings. The van der Waals surface area contributed by atoms with E-state index in [0.717, 1.165) is 29.5 Å². The van der Waals surface area contributed by atoms with Crippen molar-refractivity contribution in [3.05, 3.63) is 69.1 Å². The topological polar surface area (TPSA) is 71.2 Å². The minimum atomic E-state index is -2.89. The Hall–Kier alpha value is -2.96. The zero-order valence-corrected chi connectivity index (χ0v) is 16.0. The minimum absolute atomic E-state index is 0.0139. The number of benzene rings is 1. The van der Waals surface area contributed by atoms with Gasteiger partial charge in [0.25, 0.3) is 5.56 Å². The van der Waals surface area contributed by atoms with Crippen LogP contribution in [0.2, 0.25) is 0 Å². The van der Waals surface area contributed by atoms with Gasteiger partial charge in [-0.2, -0.15) is 8.78 Å². The first-order valence-electron chi connectivity index (χ1n) is 9.71. The highest BCUT2D eigenvalue weighted by atomic mass is 19.3. The SMILES string of the molecule is Cc1cc(/C(=C\[C@H]2CCC(=O)N2)c2ccc(C3CC3)c(=O)[nH]2)ccc1OC(F)F. The number of pyridine rings is 1. The molecule has 1 aliphatic heterocycles. The van der Waals surface area contributed by atoms with Crippen LogP contribution < -0.4 is 15.6 Å². The fraction of sp³-hybridized carbons (Fsp3) is 0.364. The number of carbonyl (C=O) groups excluding carboxylic acids is 1. The van der Waals surface area contributed by atoms with Gasteiger partial charge in [0.1, 0.15) is 5.75 Å². The number of H-pyrrole nitrogens is 1. The molecule has 2 N–H and O–H groups in total. The average molecular weight is 400 g/mol. The monoisotopic (exact) mass is 400 g/mol. The molecule has 1 aromatic heterocycles. The van der Waals surface area contributed by atoms with Crippen molar-refractivity contribution < 1.29 is 18.3 Å². The maximum atomic E-state index is 12.6. The van der Waals surface area contributed by atoms with Gasteiger partial charge in [-0.25, -0.2) is 0 Å². The van der Waals surface area contributed by atoms with Crippen molar-refractivity contribution in [3.63, 3.8) is 0 Å². The highest BCUT2D eigenvalue weighted by molar-refractivity contribution is 5.82. The van der Waals surface area contributed by atoms with Crippen molar-refractivity contribution in [1.29, 1.82) is 0 Å². The van der Waals surface area contributed by atoms with Crippen molar-refractivity contribution in [2.75, 3.05) is 0 Å². The highest BCUT2D eigenvalue weighted by Crippen LogP contribution is 2.38. The molecule has 1 aliphatic carbocycles. The van der Waals surface area contributed by atoms with Gasteiger partial charge in [-0.15, -0.1) is 0 Å². The lowest BCUT2D eigenvalue weighted by Gasteiger charge is -2.15. The van der Waals surface area contributed by atoms with Crippen molar-refractivity contribution >= 4 is 11.5 Å². The Morgan fingerprint density at radius 1 is 1.17 bits per heavy atom. The van der Waals surface area contributed by atoms with Crippen molar-refractivity contribution in [1.82, 2.24) is 10.3 Å². The second kappa shape index (κ2) is 7.81. The van der Waals surface area contributed by atoms with Gasteiger partial charge in [-0.1, -0.05) is 18.2 Å². The number of rotatable bonds is 6. The standard InChI is InChI=1S/C22H22F2N2O3/c1-12-10-14(4-8-19(12)29-22(23)24)17(11-15-5-9-20(27)25-15)18-7-6-16(13-2-3-13)21(28)26-18/h4,6-8,10-11,13,15,22H,2-3,5,9H2,1H3,(H,25,27)(H,26,28)/b17-11+/t15-/m1/s1. The first-order valence-corrected chi connectivity index (χ1v) is 9.71. The molecule has 1 atom stereocenters. The number of alkyl halides is 2. The molecule has 5 nitrogen and oxygen atoms in total. The molecule has 1 saturated heterocycles. The molecule has 2 fully saturated rings. The summed E-state index contributed by atoms with van der Waals surface area (Å²) in [7, 11) is 0. The number of carbonyl (C=O) groups is 1. The molecular weight excluding hydrogens is 378 g/mol. The van der Waals surface area contributed by atoms with Crippen molar-refractivity contribution in [2.24, 2.45) is 0 Å². The second-order valence-electron chi connectivity index (χ2n) is 7.58. The van der Waals surface area contributed by atoms with Gasteiger partial charge in [-0.05, 0) is 61.4 Å². The van der Waals surface area contributed by atoms with Crippen molar-refractivity contribution in [2.45, 2.75) is 51.2 Å². The van der Waals surface area contributed by atoms with E-state index in [9.17, 15) is 18.4 Å². The normalized spacial score (nSPS) is 19.5. The minimum Gasteiger partial charge on any atom is -0.435 e. The van der Waals surface area contributed by atoms with E-state index >= 15 is 0 Å². The van der Waals surface area contributed by atoms with Gasteiger partial charge in [0, 0.05) is 29.3 Å². The predicted octanol–water partition coefficient (Wildman–Crippen LogP) is 3.87. The maximum absolute atomic E-state index is 12.6. The van der Waals surface area contributed by atoms with E-state index in [1.54, 1.807) is 19.1 Å². The van der Waals surface area contributed by atoms with Crippen LogP contribution in [0.1, 0.15) is 54.0 Å². The number of hydrogen-bond donors (Lipinski definition) is 2. The number of amides is 1. The first-order chi connectivity index (χ1) is 13.9. The van der Waals surface area contributed by atoms with Gasteiger partial charge in [0.2, 0.25) is 5.91 Å². The molecule has 4 rings (SSSR count). The number of ether oxygens (including phenoxy) is 1. The molecule has 1 saturated carbocycles. The van der Waals surface area contributed by atoms with Crippen LogP contribution in [0.5, 0.6) is 5.75 Å². The number of aromatic nitrogens is 1. The van der Waals surface area contributed by atoms with E-state index in [4.69, 9.17) is 0 Å². The maximum Gasteiger partial charge on any atom is 0.387 e. The third-order valence-corrected chi connectivity index (χ3v) is 5.35. The molecule has 0 unspecified atom stereocenters. The third-order valence-electron chi connectivity index (χ3n) is 5.35. The number of halogens is 2. The van der Waals surface area contributed by atoms with Crippen LogP contribution in [0.3, 0.4) is 0 Å². The van der Waals surface area contributed by atoms with Crippen LogP contribution in [-0.2, 0) is 4.79 Å². The molecule has 29 heavy (non-hydrogen) atoms. The van der Waals surface area contributed by atoms with Gasteiger partial charge >= 0.3 is 6.61 Å². The zero-order valence-electron chi connectivity index (χ0n) is 16.0. The molecule has 1 amide bonds. The summed E-state index contributed by atoms with van der Waals surface area (Å²) in [6, 6.07) is 8.49. The van der Waals surface area contributed by atoms with Crippen LogP contribution in [-0.4, -0.2) is 23.5 Å². The molecule has 1 aromatic carbocycles. The molecule has 2 heterocycles.